The Balaban J connectivity index is 1.17. The molecule has 4 heterocycles. The van der Waals surface area contributed by atoms with Crippen LogP contribution in [0.1, 0.15) is 5.01 Å². The fourth-order valence-electron chi connectivity index (χ4n) is 3.91. The lowest BCUT2D eigenvalue weighted by molar-refractivity contribution is -0.131. The summed E-state index contributed by atoms with van der Waals surface area (Å²) in [6.45, 7) is 4.21. The smallest absolute Gasteiger partial charge is 0.236 e. The fourth-order valence-corrected chi connectivity index (χ4v) is 4.93. The lowest BCUT2D eigenvalue weighted by atomic mass is 10.2. The van der Waals surface area contributed by atoms with Gasteiger partial charge in [-0.15, -0.1) is 11.3 Å². The highest BCUT2D eigenvalue weighted by atomic mass is 32.1. The van der Waals surface area contributed by atoms with Gasteiger partial charge in [0.25, 0.3) is 0 Å². The predicted molar refractivity (Wildman–Crippen MR) is 121 cm³/mol. The number of benzene rings is 1. The molecular formula is C21H24N8OS. The number of hydrogen-bond donors (Lipinski definition) is 0. The van der Waals surface area contributed by atoms with Crippen LogP contribution in [-0.4, -0.2) is 80.2 Å². The number of rotatable bonds is 5. The monoisotopic (exact) mass is 436 g/mol. The number of thiazole rings is 1. The molecule has 31 heavy (non-hydrogen) atoms. The van der Waals surface area contributed by atoms with Crippen molar-refractivity contribution in [2.24, 2.45) is 7.05 Å². The number of hydrogen-bond acceptors (Lipinski definition) is 8. The van der Waals surface area contributed by atoms with Crippen LogP contribution in [0.4, 0.5) is 5.82 Å². The molecule has 0 N–H and O–H groups in total. The molecular weight excluding hydrogens is 412 g/mol. The van der Waals surface area contributed by atoms with Gasteiger partial charge in [-0.05, 0) is 12.1 Å². The quantitative estimate of drug-likeness (QED) is 0.471. The summed E-state index contributed by atoms with van der Waals surface area (Å²) >= 11 is 1.65. The molecule has 0 atom stereocenters. The zero-order valence-electron chi connectivity index (χ0n) is 17.6. The Morgan fingerprint density at radius 1 is 1.16 bits per heavy atom. The lowest BCUT2D eigenvalue weighted by Gasteiger charge is -2.35. The van der Waals surface area contributed by atoms with Gasteiger partial charge in [0.15, 0.2) is 5.65 Å². The molecule has 1 amide bonds. The molecule has 0 radical (unpaired) electrons. The van der Waals surface area contributed by atoms with Gasteiger partial charge in [0.05, 0.1) is 34.9 Å². The van der Waals surface area contributed by atoms with Gasteiger partial charge in [0.2, 0.25) is 5.91 Å². The number of carbonyl (C=O) groups is 1. The first kappa shape index (κ1) is 19.8. The number of fused-ring (bicyclic) bond motifs is 2. The summed E-state index contributed by atoms with van der Waals surface area (Å²) in [6.07, 6.45) is 3.41. The molecule has 5 rings (SSSR count). The molecule has 1 aliphatic rings. The van der Waals surface area contributed by atoms with Gasteiger partial charge >= 0.3 is 0 Å². The number of carbonyl (C=O) groups excluding carboxylic acids is 1. The SMILES string of the molecule is CN(Cc1nc2ccccc2s1)C(=O)CN1CCN(c2ncnc3c2cnn3C)CC1. The van der Waals surface area contributed by atoms with Crippen molar-refractivity contribution in [2.75, 3.05) is 44.7 Å². The van der Waals surface area contributed by atoms with Crippen molar-refractivity contribution in [1.82, 2.24) is 34.5 Å². The topological polar surface area (TPSA) is 83.3 Å². The van der Waals surface area contributed by atoms with Crippen molar-refractivity contribution in [1.29, 1.82) is 0 Å². The molecule has 10 heteroatoms. The van der Waals surface area contributed by atoms with Crippen LogP contribution in [0.3, 0.4) is 0 Å². The molecule has 0 saturated carbocycles. The molecule has 0 spiro atoms. The predicted octanol–water partition coefficient (Wildman–Crippen LogP) is 1.75. The summed E-state index contributed by atoms with van der Waals surface area (Å²) in [4.78, 5) is 32.4. The maximum atomic E-state index is 12.8. The van der Waals surface area contributed by atoms with E-state index in [1.807, 2.05) is 38.5 Å². The first-order valence-electron chi connectivity index (χ1n) is 10.3. The van der Waals surface area contributed by atoms with Crippen molar-refractivity contribution in [2.45, 2.75) is 6.54 Å². The van der Waals surface area contributed by atoms with Gasteiger partial charge in [-0.3, -0.25) is 14.4 Å². The first-order chi connectivity index (χ1) is 15.1. The number of piperazine rings is 1. The molecule has 0 unspecified atom stereocenters. The van der Waals surface area contributed by atoms with Crippen LogP contribution in [0.25, 0.3) is 21.3 Å². The Labute approximate surface area is 183 Å². The summed E-state index contributed by atoms with van der Waals surface area (Å²) in [6, 6.07) is 8.07. The molecule has 4 aromatic rings. The third-order valence-electron chi connectivity index (χ3n) is 5.68. The second kappa shape index (κ2) is 8.20. The molecule has 9 nitrogen and oxygen atoms in total. The number of anilines is 1. The zero-order valence-corrected chi connectivity index (χ0v) is 18.4. The van der Waals surface area contributed by atoms with Crippen LogP contribution in [0, 0.1) is 0 Å². The average Bonchev–Trinajstić information content (AvgIpc) is 3.37. The number of likely N-dealkylation sites (N-methyl/N-ethyl adjacent to an activating group) is 1. The van der Waals surface area contributed by atoms with E-state index in [0.29, 0.717) is 13.1 Å². The number of aromatic nitrogens is 5. The Morgan fingerprint density at radius 2 is 1.97 bits per heavy atom. The normalized spacial score (nSPS) is 15.1. The standard InChI is InChI=1S/C21H24N8OS/c1-26(12-18-25-16-5-3-4-6-17(16)31-18)19(30)13-28-7-9-29(10-8-28)21-15-11-24-27(2)20(15)22-14-23-21/h3-6,11,14H,7-10,12-13H2,1-2H3. The van der Waals surface area contributed by atoms with Crippen molar-refractivity contribution in [3.63, 3.8) is 0 Å². The summed E-state index contributed by atoms with van der Waals surface area (Å²) in [5.74, 6) is 1.03. The fraction of sp³-hybridized carbons (Fsp3) is 0.381. The van der Waals surface area contributed by atoms with E-state index in [4.69, 9.17) is 0 Å². The van der Waals surface area contributed by atoms with E-state index in [1.54, 1.807) is 27.2 Å². The van der Waals surface area contributed by atoms with Crippen LogP contribution in [0.2, 0.25) is 0 Å². The van der Waals surface area contributed by atoms with Crippen molar-refractivity contribution in [3.05, 3.63) is 41.8 Å². The molecule has 0 bridgehead atoms. The Kier molecular flexibility index (Phi) is 5.24. The van der Waals surface area contributed by atoms with Crippen LogP contribution in [0.5, 0.6) is 0 Å². The molecule has 3 aromatic heterocycles. The third-order valence-corrected chi connectivity index (χ3v) is 6.70. The van der Waals surface area contributed by atoms with Gasteiger partial charge in [-0.1, -0.05) is 12.1 Å². The second-order valence-electron chi connectivity index (χ2n) is 7.79. The van der Waals surface area contributed by atoms with Crippen LogP contribution in [0.15, 0.2) is 36.8 Å². The minimum atomic E-state index is 0.115. The molecule has 0 aliphatic carbocycles. The van der Waals surface area contributed by atoms with Gasteiger partial charge < -0.3 is 9.80 Å². The van der Waals surface area contributed by atoms with Crippen LogP contribution in [-0.2, 0) is 18.4 Å². The minimum absolute atomic E-state index is 0.115. The van der Waals surface area contributed by atoms with Crippen molar-refractivity contribution < 1.29 is 4.79 Å². The second-order valence-corrected chi connectivity index (χ2v) is 8.91. The van der Waals surface area contributed by atoms with E-state index >= 15 is 0 Å². The van der Waals surface area contributed by atoms with Gasteiger partial charge in [0.1, 0.15) is 17.2 Å². The maximum Gasteiger partial charge on any atom is 0.236 e. The summed E-state index contributed by atoms with van der Waals surface area (Å²) < 4.78 is 2.92. The summed E-state index contributed by atoms with van der Waals surface area (Å²) in [5, 5.41) is 6.22. The van der Waals surface area contributed by atoms with Crippen molar-refractivity contribution >= 4 is 44.3 Å². The van der Waals surface area contributed by atoms with Crippen molar-refractivity contribution in [3.8, 4) is 0 Å². The van der Waals surface area contributed by atoms with Crippen LogP contribution < -0.4 is 4.90 Å². The Hall–Kier alpha value is -3.11. The van der Waals surface area contributed by atoms with E-state index in [1.165, 1.54) is 0 Å². The first-order valence-corrected chi connectivity index (χ1v) is 11.1. The maximum absolute atomic E-state index is 12.8. The summed E-state index contributed by atoms with van der Waals surface area (Å²) in [7, 11) is 3.73. The van der Waals surface area contributed by atoms with Gasteiger partial charge in [0, 0.05) is 40.3 Å². The highest BCUT2D eigenvalue weighted by Crippen LogP contribution is 2.24. The molecule has 160 valence electrons. The highest BCUT2D eigenvalue weighted by Gasteiger charge is 2.23. The number of nitrogens with zero attached hydrogens (tertiary/aromatic N) is 8. The van der Waals surface area contributed by atoms with E-state index in [2.05, 4.69) is 35.9 Å². The largest absolute Gasteiger partial charge is 0.353 e. The Morgan fingerprint density at radius 3 is 2.77 bits per heavy atom. The zero-order chi connectivity index (χ0) is 21.4. The Bertz CT molecular complexity index is 1190. The number of para-hydroxylation sites is 1. The molecule has 1 saturated heterocycles. The van der Waals surface area contributed by atoms with E-state index < -0.39 is 0 Å². The molecule has 1 aliphatic heterocycles. The van der Waals surface area contributed by atoms with Gasteiger partial charge in [-0.2, -0.15) is 5.10 Å². The molecule has 1 aromatic carbocycles. The third kappa shape index (κ3) is 3.96. The summed E-state index contributed by atoms with van der Waals surface area (Å²) in [5.41, 5.74) is 1.82. The minimum Gasteiger partial charge on any atom is -0.353 e. The van der Waals surface area contributed by atoms with Crippen LogP contribution >= 0.6 is 11.3 Å². The van der Waals surface area contributed by atoms with E-state index in [0.717, 1.165) is 58.3 Å². The average molecular weight is 437 g/mol. The highest BCUT2D eigenvalue weighted by molar-refractivity contribution is 7.18. The molecule has 1 fully saturated rings. The lowest BCUT2D eigenvalue weighted by Crippen LogP contribution is -2.49. The number of amides is 1. The van der Waals surface area contributed by atoms with Gasteiger partial charge in [-0.25, -0.2) is 15.0 Å². The van der Waals surface area contributed by atoms with E-state index in [9.17, 15) is 4.79 Å². The number of aryl methyl sites for hydroxylation is 1. The van der Waals surface area contributed by atoms with E-state index in [-0.39, 0.29) is 5.91 Å².